The molecule has 0 aromatic heterocycles. The molecule has 8 heteroatoms. The number of fused-ring (bicyclic) bond motifs is 1. The molecule has 2 aliphatic heterocycles. The van der Waals surface area contributed by atoms with E-state index in [2.05, 4.69) is 41.0 Å². The van der Waals surface area contributed by atoms with Crippen molar-refractivity contribution in [1.29, 1.82) is 0 Å². The van der Waals surface area contributed by atoms with Gasteiger partial charge in [-0.3, -0.25) is 4.79 Å². The van der Waals surface area contributed by atoms with Crippen molar-refractivity contribution < 1.29 is 9.35 Å². The van der Waals surface area contributed by atoms with Crippen molar-refractivity contribution in [3.63, 3.8) is 0 Å². The van der Waals surface area contributed by atoms with Gasteiger partial charge < -0.3 is 14.4 Å². The molecule has 0 radical (unpaired) electrons. The van der Waals surface area contributed by atoms with Crippen molar-refractivity contribution in [2.24, 2.45) is 0 Å². The van der Waals surface area contributed by atoms with Gasteiger partial charge in [0.05, 0.1) is 16.1 Å². The molecule has 214 valence electrons. The topological polar surface area (TPSA) is 46.6 Å². The normalized spacial score (nSPS) is 19.3. The molecule has 0 saturated carbocycles. The van der Waals surface area contributed by atoms with E-state index in [0.717, 1.165) is 73.4 Å². The molecule has 0 N–H and O–H groups in total. The molecule has 0 bridgehead atoms. The number of hydrogen-bond donors (Lipinski definition) is 0. The fourth-order valence-corrected chi connectivity index (χ4v) is 7.58. The predicted molar refractivity (Wildman–Crippen MR) is 169 cm³/mol. The summed E-state index contributed by atoms with van der Waals surface area (Å²) in [6.07, 6.45) is 5.69. The van der Waals surface area contributed by atoms with Gasteiger partial charge in [0.25, 0.3) is 5.91 Å². The van der Waals surface area contributed by atoms with Crippen LogP contribution in [0, 0.1) is 0 Å². The number of carbonyl (C=O) groups is 1. The number of carbonyl (C=O) groups excluding carboxylic acids is 1. The first-order valence-electron chi connectivity index (χ1n) is 13.9. The highest BCUT2D eigenvalue weighted by molar-refractivity contribution is 7.90. The summed E-state index contributed by atoms with van der Waals surface area (Å²) in [6, 6.07) is 22.1. The zero-order valence-corrected chi connectivity index (χ0v) is 26.2. The van der Waals surface area contributed by atoms with E-state index in [4.69, 9.17) is 23.2 Å². The van der Waals surface area contributed by atoms with Gasteiger partial charge >= 0.3 is 0 Å². The van der Waals surface area contributed by atoms with Crippen molar-refractivity contribution in [1.82, 2.24) is 9.80 Å². The Hall–Kier alpha value is -1.73. The van der Waals surface area contributed by atoms with E-state index in [1.54, 1.807) is 6.26 Å². The summed E-state index contributed by atoms with van der Waals surface area (Å²) in [6.45, 7) is 5.79. The monoisotopic (exact) mass is 618 g/mol. The molecule has 4 nitrogen and oxygen atoms in total. The molecule has 1 saturated heterocycles. The second-order valence-electron chi connectivity index (χ2n) is 10.7. The first-order chi connectivity index (χ1) is 18.9. The highest BCUT2D eigenvalue weighted by atomic mass is 35.5. The Morgan fingerprint density at radius 2 is 1.62 bits per heavy atom. The van der Waals surface area contributed by atoms with Gasteiger partial charge in [-0.05, 0) is 97.8 Å². The highest BCUT2D eigenvalue weighted by Crippen LogP contribution is 2.46. The number of rotatable bonds is 9. The molecule has 3 aromatic rings. The predicted octanol–water partition coefficient (Wildman–Crippen LogP) is 8.11. The molecule has 3 unspecified atom stereocenters. The Kier molecular flexibility index (Phi) is 10.9. The number of amides is 1. The zero-order chi connectivity index (χ0) is 27.5. The smallest absolute Gasteiger partial charge is 0.254 e. The number of hydrogen-bond acceptors (Lipinski definition) is 3. The number of likely N-dealkylation sites (tertiary alicyclic amines) is 1. The van der Waals surface area contributed by atoms with E-state index in [0.29, 0.717) is 16.0 Å². The molecule has 1 amide bonds. The molecule has 5 rings (SSSR count). The summed E-state index contributed by atoms with van der Waals surface area (Å²) < 4.78 is 12.3. The van der Waals surface area contributed by atoms with E-state index in [1.165, 1.54) is 5.56 Å². The Balaban J connectivity index is 0.00000370. The van der Waals surface area contributed by atoms with Crippen LogP contribution in [-0.2, 0) is 11.2 Å². The minimum absolute atomic E-state index is 0. The van der Waals surface area contributed by atoms with Crippen molar-refractivity contribution >= 4 is 52.7 Å². The number of nitrogens with zero attached hydrogens (tertiary/aromatic N) is 2. The van der Waals surface area contributed by atoms with Crippen LogP contribution in [0.25, 0.3) is 0 Å². The maximum Gasteiger partial charge on any atom is 0.254 e. The summed E-state index contributed by atoms with van der Waals surface area (Å²) in [5.74, 6) is 0.654. The number of benzene rings is 3. The van der Waals surface area contributed by atoms with Gasteiger partial charge in [0.1, 0.15) is 6.26 Å². The Bertz CT molecular complexity index is 1310. The fourth-order valence-electron chi connectivity index (χ4n) is 6.43. The Labute approximate surface area is 257 Å². The summed E-state index contributed by atoms with van der Waals surface area (Å²) >= 11 is 11.8. The quantitative estimate of drug-likeness (QED) is 0.227. The van der Waals surface area contributed by atoms with Gasteiger partial charge in [-0.2, -0.15) is 0 Å². The minimum atomic E-state index is -0.979. The molecule has 0 spiro atoms. The van der Waals surface area contributed by atoms with E-state index < -0.39 is 11.2 Å². The average molecular weight is 620 g/mol. The van der Waals surface area contributed by atoms with Crippen molar-refractivity contribution in [2.75, 3.05) is 32.4 Å². The van der Waals surface area contributed by atoms with Gasteiger partial charge in [0.2, 0.25) is 0 Å². The zero-order valence-electron chi connectivity index (χ0n) is 23.0. The van der Waals surface area contributed by atoms with Crippen LogP contribution in [0.15, 0.2) is 71.6 Å². The lowest BCUT2D eigenvalue weighted by atomic mass is 9.83. The lowest BCUT2D eigenvalue weighted by Crippen LogP contribution is -2.37. The third-order valence-corrected chi connectivity index (χ3v) is 10.1. The Morgan fingerprint density at radius 3 is 2.30 bits per heavy atom. The number of piperidine rings is 1. The third kappa shape index (κ3) is 6.51. The molecular formula is C32H37Cl3N2O2S. The van der Waals surface area contributed by atoms with E-state index in [9.17, 15) is 9.35 Å². The van der Waals surface area contributed by atoms with Crippen LogP contribution in [0.3, 0.4) is 0 Å². The van der Waals surface area contributed by atoms with Crippen LogP contribution in [0.4, 0.5) is 0 Å². The van der Waals surface area contributed by atoms with Crippen molar-refractivity contribution in [3.05, 3.63) is 99.0 Å². The molecule has 0 aliphatic carbocycles. The summed E-state index contributed by atoms with van der Waals surface area (Å²) in [5, 5.41) is 1.09. The minimum Gasteiger partial charge on any atom is -0.612 e. The highest BCUT2D eigenvalue weighted by Gasteiger charge is 2.41. The molecule has 40 heavy (non-hydrogen) atoms. The average Bonchev–Trinajstić information content (AvgIpc) is 3.22. The molecule has 3 aromatic carbocycles. The maximum atomic E-state index is 13.5. The van der Waals surface area contributed by atoms with Crippen LogP contribution >= 0.6 is 35.6 Å². The second-order valence-corrected chi connectivity index (χ2v) is 12.9. The van der Waals surface area contributed by atoms with Crippen LogP contribution < -0.4 is 0 Å². The first kappa shape index (κ1) is 31.2. The third-order valence-electron chi connectivity index (χ3n) is 8.34. The standard InChI is InChI=1S/C32H36Cl2N2O2S.ClH/c1-3-17-36-31(26-9-4-5-10-27(26)32(36)37)25(23-12-13-28(33)29(34)21-23)16-20-35-18-14-22(15-19-35)24-8-6-7-11-30(24)39(2)38;/h4-13,21-22,25,31H,3,14-20H2,1-2H3;1H. The first-order valence-corrected chi connectivity index (χ1v) is 16.2. The number of halogens is 3. The van der Waals surface area contributed by atoms with E-state index >= 15 is 0 Å². The van der Waals surface area contributed by atoms with Gasteiger partial charge in [-0.25, -0.2) is 0 Å². The Morgan fingerprint density at radius 1 is 0.950 bits per heavy atom. The van der Waals surface area contributed by atoms with Crippen LogP contribution in [0.5, 0.6) is 0 Å². The van der Waals surface area contributed by atoms with Gasteiger partial charge in [0, 0.05) is 23.6 Å². The SMILES string of the molecule is CCCN1C(=O)c2ccccc2C1C(CCN1CCC(c2ccccc2[S+](C)[O-])CC1)c1ccc(Cl)c(Cl)c1.Cl. The summed E-state index contributed by atoms with van der Waals surface area (Å²) in [7, 11) is 0. The van der Waals surface area contributed by atoms with Crippen LogP contribution in [0.2, 0.25) is 10.0 Å². The van der Waals surface area contributed by atoms with Crippen molar-refractivity contribution in [2.45, 2.75) is 55.4 Å². The van der Waals surface area contributed by atoms with Crippen LogP contribution in [-0.4, -0.2) is 52.7 Å². The molecule has 3 atom stereocenters. The summed E-state index contributed by atoms with van der Waals surface area (Å²) in [5.41, 5.74) is 4.28. The second kappa shape index (κ2) is 14.0. The lowest BCUT2D eigenvalue weighted by molar-refractivity contribution is 0.0690. The van der Waals surface area contributed by atoms with Crippen LogP contribution in [0.1, 0.15) is 77.5 Å². The maximum absolute atomic E-state index is 13.5. The van der Waals surface area contributed by atoms with Gasteiger partial charge in [0.15, 0.2) is 4.90 Å². The van der Waals surface area contributed by atoms with Gasteiger partial charge in [-0.15, -0.1) is 12.4 Å². The summed E-state index contributed by atoms with van der Waals surface area (Å²) in [4.78, 5) is 19.0. The molecule has 2 aliphatic rings. The van der Waals surface area contributed by atoms with Gasteiger partial charge in [-0.1, -0.05) is 72.6 Å². The molecular weight excluding hydrogens is 583 g/mol. The lowest BCUT2D eigenvalue weighted by Gasteiger charge is -2.36. The largest absolute Gasteiger partial charge is 0.612 e. The molecule has 1 fully saturated rings. The van der Waals surface area contributed by atoms with E-state index in [-0.39, 0.29) is 30.3 Å². The fraction of sp³-hybridized carbons (Fsp3) is 0.406. The van der Waals surface area contributed by atoms with E-state index in [1.807, 2.05) is 42.5 Å². The molecule has 2 heterocycles. The van der Waals surface area contributed by atoms with Crippen molar-refractivity contribution in [3.8, 4) is 0 Å².